The largest absolute Gasteiger partial charge is 0.338 e. The van der Waals surface area contributed by atoms with Gasteiger partial charge in [0.1, 0.15) is 0 Å². The fourth-order valence-corrected chi connectivity index (χ4v) is 2.49. The highest BCUT2D eigenvalue weighted by molar-refractivity contribution is 5.74. The van der Waals surface area contributed by atoms with E-state index in [2.05, 4.69) is 27.8 Å². The molecule has 1 heterocycles. The minimum absolute atomic E-state index is 0.0886. The Morgan fingerprint density at radius 3 is 2.71 bits per heavy atom. The van der Waals surface area contributed by atoms with Crippen LogP contribution in [-0.4, -0.2) is 23.6 Å². The average Bonchev–Trinajstić information content (AvgIpc) is 3.28. The first-order valence-corrected chi connectivity index (χ1v) is 7.32. The summed E-state index contributed by atoms with van der Waals surface area (Å²) in [6, 6.07) is 16.3. The first-order valence-electron chi connectivity index (χ1n) is 7.32. The summed E-state index contributed by atoms with van der Waals surface area (Å²) in [5.41, 5.74) is 2.29. The number of aromatic nitrogens is 1. The third kappa shape index (κ3) is 3.81. The number of carbonyl (C=O) groups excluding carboxylic acids is 1. The van der Waals surface area contributed by atoms with Crippen molar-refractivity contribution in [2.75, 3.05) is 6.54 Å². The minimum Gasteiger partial charge on any atom is -0.338 e. The van der Waals surface area contributed by atoms with Gasteiger partial charge in [0, 0.05) is 36.8 Å². The number of urea groups is 1. The molecule has 0 spiro atoms. The molecular weight excluding hydrogens is 262 g/mol. The monoisotopic (exact) mass is 281 g/mol. The van der Waals surface area contributed by atoms with E-state index >= 15 is 0 Å². The second-order valence-electron chi connectivity index (χ2n) is 5.33. The molecule has 2 atom stereocenters. The molecule has 1 saturated carbocycles. The van der Waals surface area contributed by atoms with Crippen molar-refractivity contribution in [3.05, 3.63) is 66.0 Å². The van der Waals surface area contributed by atoms with Crippen LogP contribution < -0.4 is 10.6 Å². The maximum Gasteiger partial charge on any atom is 0.315 e. The molecule has 1 aromatic carbocycles. The fourth-order valence-electron chi connectivity index (χ4n) is 2.49. The quantitative estimate of drug-likeness (QED) is 0.884. The maximum absolute atomic E-state index is 11.8. The first-order chi connectivity index (χ1) is 10.3. The van der Waals surface area contributed by atoms with Gasteiger partial charge in [-0.2, -0.15) is 0 Å². The maximum atomic E-state index is 11.8. The number of hydrogen-bond acceptors (Lipinski definition) is 2. The van der Waals surface area contributed by atoms with Crippen molar-refractivity contribution in [1.29, 1.82) is 0 Å². The van der Waals surface area contributed by atoms with Crippen molar-refractivity contribution < 1.29 is 4.79 Å². The predicted octanol–water partition coefficient (Wildman–Crippen LogP) is 2.48. The van der Waals surface area contributed by atoms with Crippen LogP contribution in [0.4, 0.5) is 4.79 Å². The fraction of sp³-hybridized carbons (Fsp3) is 0.294. The van der Waals surface area contributed by atoms with Gasteiger partial charge in [0.05, 0.1) is 0 Å². The average molecular weight is 281 g/mol. The molecule has 2 unspecified atom stereocenters. The van der Waals surface area contributed by atoms with Crippen LogP contribution in [0.3, 0.4) is 0 Å². The van der Waals surface area contributed by atoms with Crippen molar-refractivity contribution in [2.24, 2.45) is 0 Å². The number of amides is 2. The highest BCUT2D eigenvalue weighted by Crippen LogP contribution is 2.40. The SMILES string of the molecule is O=C(NCCc1ccccn1)NC1CC1c1ccccc1. The lowest BCUT2D eigenvalue weighted by Gasteiger charge is -2.07. The summed E-state index contributed by atoms with van der Waals surface area (Å²) in [4.78, 5) is 16.0. The minimum atomic E-state index is -0.0886. The van der Waals surface area contributed by atoms with Gasteiger partial charge in [0.15, 0.2) is 0 Å². The Balaban J connectivity index is 1.38. The van der Waals surface area contributed by atoms with E-state index in [1.54, 1.807) is 6.20 Å². The summed E-state index contributed by atoms with van der Waals surface area (Å²) in [5, 5.41) is 5.90. The highest BCUT2D eigenvalue weighted by atomic mass is 16.2. The molecule has 1 aliphatic carbocycles. The van der Waals surface area contributed by atoms with Crippen molar-refractivity contribution in [2.45, 2.75) is 24.8 Å². The molecule has 3 rings (SSSR count). The van der Waals surface area contributed by atoms with E-state index in [0.29, 0.717) is 12.5 Å². The number of nitrogens with zero attached hydrogens (tertiary/aromatic N) is 1. The van der Waals surface area contributed by atoms with E-state index in [-0.39, 0.29) is 12.1 Å². The van der Waals surface area contributed by atoms with Crippen LogP contribution in [0.25, 0.3) is 0 Å². The van der Waals surface area contributed by atoms with Crippen molar-refractivity contribution >= 4 is 6.03 Å². The van der Waals surface area contributed by atoms with Crippen molar-refractivity contribution in [1.82, 2.24) is 15.6 Å². The van der Waals surface area contributed by atoms with Crippen LogP contribution in [0.15, 0.2) is 54.7 Å². The van der Waals surface area contributed by atoms with E-state index in [9.17, 15) is 4.79 Å². The normalized spacial score (nSPS) is 19.8. The summed E-state index contributed by atoms with van der Waals surface area (Å²) >= 11 is 0. The second-order valence-corrected chi connectivity index (χ2v) is 5.33. The highest BCUT2D eigenvalue weighted by Gasteiger charge is 2.39. The Hall–Kier alpha value is -2.36. The molecule has 21 heavy (non-hydrogen) atoms. The number of benzene rings is 1. The number of hydrogen-bond donors (Lipinski definition) is 2. The van der Waals surface area contributed by atoms with Gasteiger partial charge in [-0.05, 0) is 24.1 Å². The summed E-state index contributed by atoms with van der Waals surface area (Å²) in [5.74, 6) is 0.466. The third-order valence-corrected chi connectivity index (χ3v) is 3.73. The number of pyridine rings is 1. The molecule has 1 aliphatic rings. The Labute approximate surface area is 124 Å². The van der Waals surface area contributed by atoms with Gasteiger partial charge >= 0.3 is 6.03 Å². The predicted molar refractivity (Wildman–Crippen MR) is 82.1 cm³/mol. The molecule has 2 amide bonds. The van der Waals surface area contributed by atoms with Crippen LogP contribution >= 0.6 is 0 Å². The van der Waals surface area contributed by atoms with Gasteiger partial charge in [0.2, 0.25) is 0 Å². The lowest BCUT2D eigenvalue weighted by atomic mass is 10.1. The zero-order valence-electron chi connectivity index (χ0n) is 11.8. The molecule has 108 valence electrons. The summed E-state index contributed by atoms with van der Waals surface area (Å²) < 4.78 is 0. The zero-order chi connectivity index (χ0) is 14.5. The molecule has 0 saturated heterocycles. The van der Waals surface area contributed by atoms with Crippen LogP contribution in [0, 0.1) is 0 Å². The molecule has 4 nitrogen and oxygen atoms in total. The number of carbonyl (C=O) groups is 1. The standard InChI is InChI=1S/C17H19N3O/c21-17(19-11-9-14-8-4-5-10-18-14)20-16-12-15(16)13-6-2-1-3-7-13/h1-8,10,15-16H,9,11-12H2,(H2,19,20,21). The molecule has 2 N–H and O–H groups in total. The van der Waals surface area contributed by atoms with Gasteiger partial charge < -0.3 is 10.6 Å². The van der Waals surface area contributed by atoms with Crippen LogP contribution in [0.1, 0.15) is 23.6 Å². The smallest absolute Gasteiger partial charge is 0.315 e. The first kappa shape index (κ1) is 13.6. The summed E-state index contributed by atoms with van der Waals surface area (Å²) in [6.45, 7) is 0.603. The number of nitrogens with one attached hydrogen (secondary N) is 2. The van der Waals surface area contributed by atoms with E-state index in [0.717, 1.165) is 18.5 Å². The Morgan fingerprint density at radius 2 is 1.95 bits per heavy atom. The van der Waals surface area contributed by atoms with E-state index in [1.807, 2.05) is 36.4 Å². The van der Waals surface area contributed by atoms with Crippen molar-refractivity contribution in [3.63, 3.8) is 0 Å². The van der Waals surface area contributed by atoms with Crippen molar-refractivity contribution in [3.8, 4) is 0 Å². The molecule has 2 aromatic rings. The Kier molecular flexibility index (Phi) is 4.15. The van der Waals surface area contributed by atoms with Crippen LogP contribution in [0.2, 0.25) is 0 Å². The lowest BCUT2D eigenvalue weighted by molar-refractivity contribution is 0.240. The Morgan fingerprint density at radius 1 is 1.14 bits per heavy atom. The molecule has 0 radical (unpaired) electrons. The molecular formula is C17H19N3O. The summed E-state index contributed by atoms with van der Waals surface area (Å²) in [6.07, 6.45) is 3.54. The third-order valence-electron chi connectivity index (χ3n) is 3.73. The van der Waals surface area contributed by atoms with Gasteiger partial charge in [-0.15, -0.1) is 0 Å². The topological polar surface area (TPSA) is 54.0 Å². The van der Waals surface area contributed by atoms with Crippen LogP contribution in [-0.2, 0) is 6.42 Å². The van der Waals surface area contributed by atoms with E-state index in [4.69, 9.17) is 0 Å². The summed E-state index contributed by atoms with van der Waals surface area (Å²) in [7, 11) is 0. The zero-order valence-corrected chi connectivity index (χ0v) is 11.8. The Bertz CT molecular complexity index is 585. The molecule has 1 fully saturated rings. The van der Waals surface area contributed by atoms with Gasteiger partial charge in [-0.1, -0.05) is 36.4 Å². The van der Waals surface area contributed by atoms with Gasteiger partial charge in [-0.3, -0.25) is 4.98 Å². The van der Waals surface area contributed by atoms with Crippen LogP contribution in [0.5, 0.6) is 0 Å². The molecule has 4 heteroatoms. The van der Waals surface area contributed by atoms with Gasteiger partial charge in [-0.25, -0.2) is 4.79 Å². The molecule has 0 aliphatic heterocycles. The van der Waals surface area contributed by atoms with Gasteiger partial charge in [0.25, 0.3) is 0 Å². The molecule has 0 bridgehead atoms. The van der Waals surface area contributed by atoms with E-state index in [1.165, 1.54) is 5.56 Å². The van der Waals surface area contributed by atoms with E-state index < -0.39 is 0 Å². The lowest BCUT2D eigenvalue weighted by Crippen LogP contribution is -2.38. The second kappa shape index (κ2) is 6.39. The number of rotatable bonds is 5. The molecule has 1 aromatic heterocycles.